The van der Waals surface area contributed by atoms with Crippen molar-refractivity contribution in [2.75, 3.05) is 13.2 Å². The molecule has 0 bridgehead atoms. The third kappa shape index (κ3) is 5.57. The van der Waals surface area contributed by atoms with Gasteiger partial charge in [-0.1, -0.05) is 23.4 Å². The highest BCUT2D eigenvalue weighted by atomic mass is 16.6. The molecular formula is C17H19NO3. The first-order valence-electron chi connectivity index (χ1n) is 6.83. The van der Waals surface area contributed by atoms with Gasteiger partial charge in [-0.2, -0.15) is 0 Å². The van der Waals surface area contributed by atoms with Gasteiger partial charge >= 0.3 is 0 Å². The molecule has 0 saturated heterocycles. The molecule has 0 saturated carbocycles. The minimum atomic E-state index is 0.424. The Bertz CT molecular complexity index is 560. The molecule has 0 aliphatic rings. The van der Waals surface area contributed by atoms with Gasteiger partial charge in [-0.25, -0.2) is 0 Å². The maximum Gasteiger partial charge on any atom is 0.151 e. The predicted molar refractivity (Wildman–Crippen MR) is 83.2 cm³/mol. The summed E-state index contributed by atoms with van der Waals surface area (Å²) in [5, 5.41) is 3.83. The SMILES string of the molecule is CC(C)=NOCCOc1ccc(Oc2ccccc2)cc1. The largest absolute Gasteiger partial charge is 0.490 e. The molecule has 0 aromatic heterocycles. The quantitative estimate of drug-likeness (QED) is 0.433. The van der Waals surface area contributed by atoms with E-state index in [1.807, 2.05) is 68.4 Å². The molecule has 4 nitrogen and oxygen atoms in total. The number of nitrogens with zero attached hydrogens (tertiary/aromatic N) is 1. The third-order valence-electron chi connectivity index (χ3n) is 2.49. The number of ether oxygens (including phenoxy) is 2. The van der Waals surface area contributed by atoms with Crippen LogP contribution in [0.25, 0.3) is 0 Å². The normalized spacial score (nSPS) is 9.81. The summed E-state index contributed by atoms with van der Waals surface area (Å²) in [5.74, 6) is 2.36. The van der Waals surface area contributed by atoms with Gasteiger partial charge in [-0.05, 0) is 50.2 Å². The van der Waals surface area contributed by atoms with Crippen molar-refractivity contribution in [3.8, 4) is 17.2 Å². The number of para-hydroxylation sites is 1. The lowest BCUT2D eigenvalue weighted by atomic mass is 10.3. The van der Waals surface area contributed by atoms with E-state index < -0.39 is 0 Å². The van der Waals surface area contributed by atoms with Crippen LogP contribution in [-0.4, -0.2) is 18.9 Å². The van der Waals surface area contributed by atoms with Gasteiger partial charge in [0.2, 0.25) is 0 Å². The van der Waals surface area contributed by atoms with Crippen LogP contribution in [0.15, 0.2) is 59.8 Å². The highest BCUT2D eigenvalue weighted by Gasteiger charge is 1.98. The molecule has 0 aliphatic carbocycles. The fourth-order valence-corrected chi connectivity index (χ4v) is 1.60. The van der Waals surface area contributed by atoms with Crippen molar-refractivity contribution < 1.29 is 14.3 Å². The van der Waals surface area contributed by atoms with Crippen molar-refractivity contribution in [1.82, 2.24) is 0 Å². The molecular weight excluding hydrogens is 266 g/mol. The molecule has 0 heterocycles. The van der Waals surface area contributed by atoms with E-state index in [2.05, 4.69) is 5.16 Å². The van der Waals surface area contributed by atoms with Crippen LogP contribution in [0.2, 0.25) is 0 Å². The number of hydrogen-bond donors (Lipinski definition) is 0. The van der Waals surface area contributed by atoms with Crippen molar-refractivity contribution in [1.29, 1.82) is 0 Å². The highest BCUT2D eigenvalue weighted by Crippen LogP contribution is 2.23. The molecule has 0 spiro atoms. The van der Waals surface area contributed by atoms with E-state index in [-0.39, 0.29) is 0 Å². The Labute approximate surface area is 125 Å². The van der Waals surface area contributed by atoms with Gasteiger partial charge < -0.3 is 14.3 Å². The Morgan fingerprint density at radius 2 is 1.43 bits per heavy atom. The smallest absolute Gasteiger partial charge is 0.151 e. The summed E-state index contributed by atoms with van der Waals surface area (Å²) in [5.41, 5.74) is 0.886. The maximum atomic E-state index is 5.70. The predicted octanol–water partition coefficient (Wildman–Crippen LogP) is 4.27. The molecule has 0 N–H and O–H groups in total. The van der Waals surface area contributed by atoms with Crippen LogP contribution in [0, 0.1) is 0 Å². The van der Waals surface area contributed by atoms with Crippen LogP contribution in [0.5, 0.6) is 17.2 Å². The first-order chi connectivity index (χ1) is 10.2. The van der Waals surface area contributed by atoms with E-state index in [0.717, 1.165) is 23.0 Å². The standard InChI is InChI=1S/C17H19NO3/c1-14(2)18-20-13-12-19-15-8-10-17(11-9-15)21-16-6-4-3-5-7-16/h3-11H,12-13H2,1-2H3. The van der Waals surface area contributed by atoms with E-state index in [1.165, 1.54) is 0 Å². The lowest BCUT2D eigenvalue weighted by Gasteiger charge is -2.08. The van der Waals surface area contributed by atoms with Crippen molar-refractivity contribution >= 4 is 5.71 Å². The van der Waals surface area contributed by atoms with Gasteiger partial charge in [0.15, 0.2) is 6.61 Å². The fourth-order valence-electron chi connectivity index (χ4n) is 1.60. The highest BCUT2D eigenvalue weighted by molar-refractivity contribution is 5.78. The monoisotopic (exact) mass is 285 g/mol. The average molecular weight is 285 g/mol. The van der Waals surface area contributed by atoms with Crippen molar-refractivity contribution in [3.63, 3.8) is 0 Å². The van der Waals surface area contributed by atoms with Crippen LogP contribution < -0.4 is 9.47 Å². The molecule has 2 aromatic carbocycles. The second kappa shape index (κ2) is 7.94. The zero-order valence-electron chi connectivity index (χ0n) is 12.3. The van der Waals surface area contributed by atoms with E-state index >= 15 is 0 Å². The van der Waals surface area contributed by atoms with Crippen molar-refractivity contribution in [2.24, 2.45) is 5.16 Å². The summed E-state index contributed by atoms with van der Waals surface area (Å²) >= 11 is 0. The summed E-state index contributed by atoms with van der Waals surface area (Å²) in [4.78, 5) is 5.06. The molecule has 0 unspecified atom stereocenters. The van der Waals surface area contributed by atoms with Gasteiger partial charge in [-0.15, -0.1) is 0 Å². The lowest BCUT2D eigenvalue weighted by Crippen LogP contribution is -2.04. The Morgan fingerprint density at radius 1 is 0.810 bits per heavy atom. The molecule has 2 aromatic rings. The Kier molecular flexibility index (Phi) is 5.64. The zero-order chi connectivity index (χ0) is 14.9. The molecule has 0 fully saturated rings. The Morgan fingerprint density at radius 3 is 2.10 bits per heavy atom. The van der Waals surface area contributed by atoms with Gasteiger partial charge in [0, 0.05) is 0 Å². The molecule has 21 heavy (non-hydrogen) atoms. The van der Waals surface area contributed by atoms with Gasteiger partial charge in [0.1, 0.15) is 23.9 Å². The summed E-state index contributed by atoms with van der Waals surface area (Å²) < 4.78 is 11.2. The topological polar surface area (TPSA) is 40.0 Å². The number of hydrogen-bond acceptors (Lipinski definition) is 4. The summed E-state index contributed by atoms with van der Waals surface area (Å²) in [7, 11) is 0. The molecule has 0 atom stereocenters. The van der Waals surface area contributed by atoms with Crippen LogP contribution in [-0.2, 0) is 4.84 Å². The first kappa shape index (κ1) is 14.9. The van der Waals surface area contributed by atoms with Crippen LogP contribution >= 0.6 is 0 Å². The lowest BCUT2D eigenvalue weighted by molar-refractivity contribution is 0.107. The van der Waals surface area contributed by atoms with E-state index in [4.69, 9.17) is 14.3 Å². The molecule has 0 radical (unpaired) electrons. The molecule has 2 rings (SSSR count). The van der Waals surface area contributed by atoms with Gasteiger partial charge in [-0.3, -0.25) is 0 Å². The van der Waals surface area contributed by atoms with Crippen molar-refractivity contribution in [3.05, 3.63) is 54.6 Å². The summed E-state index contributed by atoms with van der Waals surface area (Å²) in [6.45, 7) is 4.64. The molecule has 4 heteroatoms. The second-order valence-electron chi connectivity index (χ2n) is 4.61. The Hall–Kier alpha value is -2.49. The number of oxime groups is 1. The van der Waals surface area contributed by atoms with E-state index in [0.29, 0.717) is 13.2 Å². The maximum absolute atomic E-state index is 5.70. The molecule has 0 amide bonds. The molecule has 110 valence electrons. The summed E-state index contributed by atoms with van der Waals surface area (Å²) in [6.07, 6.45) is 0. The van der Waals surface area contributed by atoms with Crippen molar-refractivity contribution in [2.45, 2.75) is 13.8 Å². The van der Waals surface area contributed by atoms with Crippen LogP contribution in [0.1, 0.15) is 13.8 Å². The fraction of sp³-hybridized carbons (Fsp3) is 0.235. The molecule has 0 aliphatic heterocycles. The number of rotatable bonds is 7. The average Bonchev–Trinajstić information content (AvgIpc) is 2.49. The van der Waals surface area contributed by atoms with Gasteiger partial charge in [0.25, 0.3) is 0 Å². The third-order valence-corrected chi connectivity index (χ3v) is 2.49. The van der Waals surface area contributed by atoms with E-state index in [1.54, 1.807) is 0 Å². The minimum Gasteiger partial charge on any atom is -0.490 e. The van der Waals surface area contributed by atoms with Crippen LogP contribution in [0.4, 0.5) is 0 Å². The first-order valence-corrected chi connectivity index (χ1v) is 6.83. The number of benzene rings is 2. The summed E-state index contributed by atoms with van der Waals surface area (Å²) in [6, 6.07) is 17.1. The Balaban J connectivity index is 1.78. The zero-order valence-corrected chi connectivity index (χ0v) is 12.3. The van der Waals surface area contributed by atoms with E-state index in [9.17, 15) is 0 Å². The second-order valence-corrected chi connectivity index (χ2v) is 4.61. The van der Waals surface area contributed by atoms with Gasteiger partial charge in [0.05, 0.1) is 5.71 Å². The van der Waals surface area contributed by atoms with Crippen LogP contribution in [0.3, 0.4) is 0 Å². The minimum absolute atomic E-state index is 0.424.